The molecule has 4 rings (SSSR count). The minimum atomic E-state index is -0.185. The topological polar surface area (TPSA) is 67.3 Å². The Balaban J connectivity index is 1.28. The highest BCUT2D eigenvalue weighted by Crippen LogP contribution is 2.34. The van der Waals surface area contributed by atoms with Crippen molar-refractivity contribution in [3.05, 3.63) is 46.7 Å². The van der Waals surface area contributed by atoms with E-state index in [1.54, 1.807) is 6.20 Å². The number of hydrogen-bond donors (Lipinski definition) is 1. The van der Waals surface area contributed by atoms with Crippen molar-refractivity contribution < 1.29 is 9.53 Å². The van der Waals surface area contributed by atoms with Gasteiger partial charge >= 0.3 is 0 Å². The van der Waals surface area contributed by atoms with Crippen LogP contribution in [0.2, 0.25) is 0 Å². The van der Waals surface area contributed by atoms with Gasteiger partial charge in [0.1, 0.15) is 5.69 Å². The molecule has 2 fully saturated rings. The number of piperidine rings is 1. The number of fused-ring (bicyclic) bond motifs is 1. The van der Waals surface area contributed by atoms with E-state index in [2.05, 4.69) is 37.7 Å². The van der Waals surface area contributed by atoms with E-state index in [4.69, 9.17) is 4.74 Å². The first-order valence-corrected chi connectivity index (χ1v) is 9.58. The summed E-state index contributed by atoms with van der Waals surface area (Å²) in [4.78, 5) is 24.0. The van der Waals surface area contributed by atoms with E-state index in [1.165, 1.54) is 17.3 Å². The highest BCUT2D eigenvalue weighted by atomic mass is 32.1. The van der Waals surface area contributed by atoms with Gasteiger partial charge in [-0.15, -0.1) is 11.3 Å². The molecule has 132 valence electrons. The molecular weight excluding hydrogens is 336 g/mol. The van der Waals surface area contributed by atoms with Gasteiger partial charge in [0.05, 0.1) is 18.9 Å². The summed E-state index contributed by atoms with van der Waals surface area (Å²) in [6, 6.07) is 4.31. The molecule has 0 unspecified atom stereocenters. The number of carbonyl (C=O) groups excluding carboxylic acids is 1. The molecule has 2 aromatic heterocycles. The van der Waals surface area contributed by atoms with Gasteiger partial charge in [0.15, 0.2) is 0 Å². The molecule has 2 aliphatic heterocycles. The van der Waals surface area contributed by atoms with Crippen molar-refractivity contribution in [2.45, 2.75) is 19.1 Å². The average Bonchev–Trinajstić information content (AvgIpc) is 3.30. The largest absolute Gasteiger partial charge is 0.376 e. The number of rotatable bonds is 5. The van der Waals surface area contributed by atoms with Crippen molar-refractivity contribution in [3.8, 4) is 0 Å². The zero-order valence-electron chi connectivity index (χ0n) is 14.0. The Morgan fingerprint density at radius 1 is 1.44 bits per heavy atom. The number of nitrogens with zero attached hydrogens (tertiary/aromatic N) is 3. The molecule has 2 aliphatic rings. The van der Waals surface area contributed by atoms with Crippen LogP contribution in [0, 0.1) is 11.8 Å². The lowest BCUT2D eigenvalue weighted by Gasteiger charge is -2.35. The van der Waals surface area contributed by atoms with Crippen LogP contribution in [-0.2, 0) is 11.3 Å². The molecule has 2 saturated heterocycles. The summed E-state index contributed by atoms with van der Waals surface area (Å²) in [5.74, 6) is 0.907. The van der Waals surface area contributed by atoms with E-state index < -0.39 is 0 Å². The van der Waals surface area contributed by atoms with E-state index in [9.17, 15) is 4.79 Å². The van der Waals surface area contributed by atoms with Crippen LogP contribution >= 0.6 is 11.3 Å². The zero-order chi connectivity index (χ0) is 17.1. The van der Waals surface area contributed by atoms with Crippen LogP contribution in [0.1, 0.15) is 21.8 Å². The Labute approximate surface area is 151 Å². The molecule has 0 radical (unpaired) electrons. The molecule has 0 saturated carbocycles. The predicted molar refractivity (Wildman–Crippen MR) is 95.3 cm³/mol. The smallest absolute Gasteiger partial charge is 0.271 e. The van der Waals surface area contributed by atoms with E-state index in [-0.39, 0.29) is 12.0 Å². The minimum Gasteiger partial charge on any atom is -0.376 e. The van der Waals surface area contributed by atoms with E-state index >= 15 is 0 Å². The van der Waals surface area contributed by atoms with Gasteiger partial charge in [-0.1, -0.05) is 6.07 Å². The summed E-state index contributed by atoms with van der Waals surface area (Å²) in [6.45, 7) is 4.54. The lowest BCUT2D eigenvalue weighted by Crippen LogP contribution is -2.43. The number of carbonyl (C=O) groups is 1. The van der Waals surface area contributed by atoms with E-state index in [1.807, 2.05) is 11.3 Å². The average molecular weight is 358 g/mol. The number of likely N-dealkylation sites (tertiary alicyclic amines) is 1. The summed E-state index contributed by atoms with van der Waals surface area (Å²) in [7, 11) is 0. The van der Waals surface area contributed by atoms with Gasteiger partial charge in [-0.25, -0.2) is 4.98 Å². The van der Waals surface area contributed by atoms with Crippen LogP contribution < -0.4 is 5.32 Å². The molecule has 6 nitrogen and oxygen atoms in total. The third-order valence-corrected chi connectivity index (χ3v) is 5.96. The van der Waals surface area contributed by atoms with Gasteiger partial charge in [-0.2, -0.15) is 0 Å². The fraction of sp³-hybridized carbons (Fsp3) is 0.500. The Kier molecular flexibility index (Phi) is 5.05. The summed E-state index contributed by atoms with van der Waals surface area (Å²) < 4.78 is 5.99. The standard InChI is InChI=1S/C18H22N4O2S/c23-18(16-8-19-4-5-20-16)21-9-17-15-3-6-22(10-13(15)12-24-17)11-14-2-1-7-25-14/h1-2,4-5,7-8,13,15,17H,3,6,9-12H2,(H,21,23)/t13-,15-,17+/m1/s1. The summed E-state index contributed by atoms with van der Waals surface area (Å²) in [6.07, 6.45) is 5.80. The van der Waals surface area contributed by atoms with Crippen LogP contribution in [-0.4, -0.2) is 53.1 Å². The van der Waals surface area contributed by atoms with Gasteiger partial charge in [-0.05, 0) is 30.3 Å². The van der Waals surface area contributed by atoms with Crippen molar-refractivity contribution in [2.75, 3.05) is 26.2 Å². The molecule has 0 bridgehead atoms. The number of ether oxygens (including phenoxy) is 1. The van der Waals surface area contributed by atoms with Crippen LogP contribution in [0.25, 0.3) is 0 Å². The third kappa shape index (κ3) is 3.89. The first-order valence-electron chi connectivity index (χ1n) is 8.70. The molecular formula is C18H22N4O2S. The molecule has 1 N–H and O–H groups in total. The Morgan fingerprint density at radius 2 is 2.40 bits per heavy atom. The normalized spacial score (nSPS) is 26.3. The number of thiophene rings is 1. The van der Waals surface area contributed by atoms with Crippen molar-refractivity contribution in [2.24, 2.45) is 11.8 Å². The quantitative estimate of drug-likeness (QED) is 0.883. The Hall–Kier alpha value is -1.83. The molecule has 0 aliphatic carbocycles. The SMILES string of the molecule is O=C(NC[C@@H]1OC[C@H]2CN(Cc3cccs3)CC[C@H]21)c1cnccn1. The number of amides is 1. The second-order valence-electron chi connectivity index (χ2n) is 6.70. The number of hydrogen-bond acceptors (Lipinski definition) is 6. The van der Waals surface area contributed by atoms with Crippen molar-refractivity contribution >= 4 is 17.2 Å². The van der Waals surface area contributed by atoms with Crippen LogP contribution in [0.3, 0.4) is 0 Å². The molecule has 4 heterocycles. The molecule has 0 aromatic carbocycles. The number of nitrogens with one attached hydrogen (secondary N) is 1. The van der Waals surface area contributed by atoms with E-state index in [0.29, 0.717) is 24.1 Å². The highest BCUT2D eigenvalue weighted by Gasteiger charge is 2.40. The van der Waals surface area contributed by atoms with Gasteiger partial charge in [-0.3, -0.25) is 14.7 Å². The Morgan fingerprint density at radius 3 is 3.20 bits per heavy atom. The molecule has 1 amide bonds. The maximum atomic E-state index is 12.1. The van der Waals surface area contributed by atoms with Crippen LogP contribution in [0.15, 0.2) is 36.1 Å². The zero-order valence-corrected chi connectivity index (χ0v) is 14.8. The van der Waals surface area contributed by atoms with Gasteiger partial charge in [0.25, 0.3) is 5.91 Å². The maximum Gasteiger partial charge on any atom is 0.271 e. The van der Waals surface area contributed by atoms with Crippen LogP contribution in [0.5, 0.6) is 0 Å². The lowest BCUT2D eigenvalue weighted by molar-refractivity contribution is 0.0741. The highest BCUT2D eigenvalue weighted by molar-refractivity contribution is 7.09. The maximum absolute atomic E-state index is 12.1. The van der Waals surface area contributed by atoms with Crippen molar-refractivity contribution in [1.29, 1.82) is 0 Å². The third-order valence-electron chi connectivity index (χ3n) is 5.10. The first-order chi connectivity index (χ1) is 12.3. The predicted octanol–water partition coefficient (Wildman–Crippen LogP) is 1.80. The fourth-order valence-electron chi connectivity index (χ4n) is 3.84. The second-order valence-corrected chi connectivity index (χ2v) is 7.73. The summed E-state index contributed by atoms with van der Waals surface area (Å²) in [5.41, 5.74) is 0.350. The first kappa shape index (κ1) is 16.6. The van der Waals surface area contributed by atoms with E-state index in [0.717, 1.165) is 32.7 Å². The summed E-state index contributed by atoms with van der Waals surface area (Å²) >= 11 is 1.82. The lowest BCUT2D eigenvalue weighted by atomic mass is 9.84. The molecule has 0 spiro atoms. The number of aromatic nitrogens is 2. The van der Waals surface area contributed by atoms with Gasteiger partial charge in [0.2, 0.25) is 0 Å². The monoisotopic (exact) mass is 358 g/mol. The fourth-order valence-corrected chi connectivity index (χ4v) is 4.59. The van der Waals surface area contributed by atoms with Crippen molar-refractivity contribution in [1.82, 2.24) is 20.2 Å². The minimum absolute atomic E-state index is 0.106. The Bertz CT molecular complexity index is 694. The molecule has 25 heavy (non-hydrogen) atoms. The van der Waals surface area contributed by atoms with Gasteiger partial charge < -0.3 is 10.1 Å². The van der Waals surface area contributed by atoms with Gasteiger partial charge in [0, 0.05) is 42.8 Å². The van der Waals surface area contributed by atoms with Crippen molar-refractivity contribution in [3.63, 3.8) is 0 Å². The van der Waals surface area contributed by atoms with Crippen LogP contribution in [0.4, 0.5) is 0 Å². The second kappa shape index (κ2) is 7.59. The molecule has 2 aromatic rings. The molecule has 7 heteroatoms. The summed E-state index contributed by atoms with van der Waals surface area (Å²) in [5, 5.41) is 5.08. The molecule has 3 atom stereocenters.